The number of carbonyl (C=O) groups is 1. The molecule has 0 radical (unpaired) electrons. The fourth-order valence-electron chi connectivity index (χ4n) is 1.32. The van der Waals surface area contributed by atoms with E-state index in [0.717, 1.165) is 0 Å². The summed E-state index contributed by atoms with van der Waals surface area (Å²) in [5.41, 5.74) is 0.00719. The molecule has 3 nitrogen and oxygen atoms in total. The summed E-state index contributed by atoms with van der Waals surface area (Å²) in [6, 6.07) is 7.05. The summed E-state index contributed by atoms with van der Waals surface area (Å²) in [5, 5.41) is 2.84. The monoisotopic (exact) mass is 284 g/mol. The molecule has 0 spiro atoms. The normalized spacial score (nSPS) is 10.2. The second kappa shape index (κ2) is 5.33. The third kappa shape index (κ3) is 2.78. The van der Waals surface area contributed by atoms with Crippen molar-refractivity contribution in [2.75, 3.05) is 5.32 Å². The molecule has 1 amide bonds. The Bertz CT molecular complexity index is 584. The van der Waals surface area contributed by atoms with Crippen LogP contribution in [0.2, 0.25) is 10.0 Å². The zero-order valence-corrected chi connectivity index (χ0v) is 10.5. The molecule has 6 heteroatoms. The van der Waals surface area contributed by atoms with Crippen molar-refractivity contribution in [3.05, 3.63) is 58.1 Å². The molecule has 0 unspecified atom stereocenters. The minimum absolute atomic E-state index is 0.0778. The van der Waals surface area contributed by atoms with Gasteiger partial charge in [-0.3, -0.25) is 9.78 Å². The standard InChI is InChI=1S/C12H7Cl2FN2O/c13-7-4-5-16-10(6-7)12(18)17-11-8(14)2-1-3-9(11)15/h1-6H,(H,17,18). The first-order valence-corrected chi connectivity index (χ1v) is 5.70. The number of nitrogens with zero attached hydrogens (tertiary/aromatic N) is 1. The van der Waals surface area contributed by atoms with Crippen molar-refractivity contribution in [2.45, 2.75) is 0 Å². The smallest absolute Gasteiger partial charge is 0.274 e. The first-order chi connectivity index (χ1) is 8.58. The summed E-state index contributed by atoms with van der Waals surface area (Å²) < 4.78 is 13.5. The lowest BCUT2D eigenvalue weighted by atomic mass is 10.2. The van der Waals surface area contributed by atoms with Gasteiger partial charge >= 0.3 is 0 Å². The number of benzene rings is 1. The molecule has 1 aromatic carbocycles. The van der Waals surface area contributed by atoms with Gasteiger partial charge in [-0.25, -0.2) is 4.39 Å². The molecule has 0 fully saturated rings. The fraction of sp³-hybridized carbons (Fsp3) is 0. The lowest BCUT2D eigenvalue weighted by Crippen LogP contribution is -2.14. The summed E-state index contributed by atoms with van der Waals surface area (Å²) in [6.07, 6.45) is 1.39. The van der Waals surface area contributed by atoms with Crippen molar-refractivity contribution in [3.8, 4) is 0 Å². The fourth-order valence-corrected chi connectivity index (χ4v) is 1.69. The van der Waals surface area contributed by atoms with E-state index in [-0.39, 0.29) is 16.4 Å². The summed E-state index contributed by atoms with van der Waals surface area (Å²) in [4.78, 5) is 15.6. The van der Waals surface area contributed by atoms with Gasteiger partial charge in [0.05, 0.1) is 10.7 Å². The van der Waals surface area contributed by atoms with Gasteiger partial charge in [-0.2, -0.15) is 0 Å². The van der Waals surface area contributed by atoms with E-state index in [1.165, 1.54) is 36.5 Å². The number of nitrogens with one attached hydrogen (secondary N) is 1. The van der Waals surface area contributed by atoms with E-state index in [1.807, 2.05) is 0 Å². The van der Waals surface area contributed by atoms with Gasteiger partial charge in [0.25, 0.3) is 5.91 Å². The minimum Gasteiger partial charge on any atom is -0.317 e. The van der Waals surface area contributed by atoms with Crippen LogP contribution in [-0.4, -0.2) is 10.9 Å². The Morgan fingerprint density at radius 3 is 2.72 bits per heavy atom. The van der Waals surface area contributed by atoms with E-state index in [2.05, 4.69) is 10.3 Å². The number of pyridine rings is 1. The topological polar surface area (TPSA) is 42.0 Å². The van der Waals surface area contributed by atoms with Crippen molar-refractivity contribution in [3.63, 3.8) is 0 Å². The minimum atomic E-state index is -0.613. The Balaban J connectivity index is 2.27. The van der Waals surface area contributed by atoms with Crippen LogP contribution in [0, 0.1) is 5.82 Å². The number of carbonyl (C=O) groups excluding carboxylic acids is 1. The maximum Gasteiger partial charge on any atom is 0.274 e. The van der Waals surface area contributed by atoms with E-state index in [9.17, 15) is 9.18 Å². The molecule has 0 saturated carbocycles. The van der Waals surface area contributed by atoms with Gasteiger partial charge in [-0.1, -0.05) is 29.3 Å². The molecule has 18 heavy (non-hydrogen) atoms. The first kappa shape index (κ1) is 12.8. The molecule has 0 bridgehead atoms. The quantitative estimate of drug-likeness (QED) is 0.912. The second-order valence-electron chi connectivity index (χ2n) is 3.41. The number of aromatic nitrogens is 1. The SMILES string of the molecule is O=C(Nc1c(F)cccc1Cl)c1cc(Cl)ccn1. The van der Waals surface area contributed by atoms with Gasteiger partial charge in [0.1, 0.15) is 11.5 Å². The molecule has 0 atom stereocenters. The third-order valence-corrected chi connectivity index (χ3v) is 2.71. The number of hydrogen-bond donors (Lipinski definition) is 1. The first-order valence-electron chi connectivity index (χ1n) is 4.95. The number of hydrogen-bond acceptors (Lipinski definition) is 2. The maximum absolute atomic E-state index is 13.5. The van der Waals surface area contributed by atoms with Crippen LogP contribution in [0.25, 0.3) is 0 Å². The van der Waals surface area contributed by atoms with Gasteiger partial charge < -0.3 is 5.32 Å². The van der Waals surface area contributed by atoms with E-state index in [0.29, 0.717) is 5.02 Å². The highest BCUT2D eigenvalue weighted by Gasteiger charge is 2.13. The summed E-state index contributed by atoms with van der Waals surface area (Å²) in [6.45, 7) is 0. The molecule has 0 aliphatic rings. The molecule has 1 aromatic heterocycles. The van der Waals surface area contributed by atoms with E-state index in [1.54, 1.807) is 0 Å². The number of halogens is 3. The molecule has 0 saturated heterocycles. The number of rotatable bonds is 2. The predicted octanol–water partition coefficient (Wildman–Crippen LogP) is 3.78. The van der Waals surface area contributed by atoms with E-state index >= 15 is 0 Å². The zero-order valence-electron chi connectivity index (χ0n) is 8.95. The molecule has 2 rings (SSSR count). The van der Waals surface area contributed by atoms with Crippen molar-refractivity contribution < 1.29 is 9.18 Å². The summed E-state index contributed by atoms with van der Waals surface area (Å²) >= 11 is 11.5. The number of amides is 1. The van der Waals surface area contributed by atoms with Crippen molar-refractivity contribution in [2.24, 2.45) is 0 Å². The number of para-hydroxylation sites is 1. The molecular weight excluding hydrogens is 278 g/mol. The summed E-state index contributed by atoms with van der Waals surface area (Å²) in [7, 11) is 0. The van der Waals surface area contributed by atoms with Gasteiger partial charge in [0, 0.05) is 11.2 Å². The van der Waals surface area contributed by atoms with Gasteiger partial charge in [0.15, 0.2) is 0 Å². The molecule has 0 aliphatic carbocycles. The van der Waals surface area contributed by atoms with Crippen LogP contribution in [-0.2, 0) is 0 Å². The Morgan fingerprint density at radius 2 is 2.06 bits per heavy atom. The van der Waals surface area contributed by atoms with E-state index < -0.39 is 11.7 Å². The molecule has 92 valence electrons. The summed E-state index contributed by atoms with van der Waals surface area (Å²) in [5.74, 6) is -1.19. The molecule has 1 heterocycles. The van der Waals surface area contributed by atoms with Crippen LogP contribution in [0.15, 0.2) is 36.5 Å². The number of anilines is 1. The maximum atomic E-state index is 13.5. The van der Waals surface area contributed by atoms with Gasteiger partial charge in [-0.05, 0) is 24.3 Å². The molecule has 2 aromatic rings. The average Bonchev–Trinajstić information content (AvgIpc) is 2.34. The van der Waals surface area contributed by atoms with Crippen molar-refractivity contribution in [1.82, 2.24) is 4.98 Å². The lowest BCUT2D eigenvalue weighted by molar-refractivity contribution is 0.102. The Labute approximate surface area is 113 Å². The van der Waals surface area contributed by atoms with Crippen LogP contribution >= 0.6 is 23.2 Å². The molecular formula is C12H7Cl2FN2O. The van der Waals surface area contributed by atoms with Crippen molar-refractivity contribution in [1.29, 1.82) is 0 Å². The Kier molecular flexibility index (Phi) is 3.79. The lowest BCUT2D eigenvalue weighted by Gasteiger charge is -2.07. The van der Waals surface area contributed by atoms with Crippen LogP contribution in [0.3, 0.4) is 0 Å². The van der Waals surface area contributed by atoms with Crippen molar-refractivity contribution >= 4 is 34.8 Å². The highest BCUT2D eigenvalue weighted by atomic mass is 35.5. The van der Waals surface area contributed by atoms with Gasteiger partial charge in [0.2, 0.25) is 0 Å². The van der Waals surface area contributed by atoms with Crippen LogP contribution in [0.4, 0.5) is 10.1 Å². The Hall–Kier alpha value is -1.65. The second-order valence-corrected chi connectivity index (χ2v) is 4.25. The molecule has 0 aliphatic heterocycles. The molecule has 1 N–H and O–H groups in total. The van der Waals surface area contributed by atoms with Gasteiger partial charge in [-0.15, -0.1) is 0 Å². The highest BCUT2D eigenvalue weighted by Crippen LogP contribution is 2.25. The predicted molar refractivity (Wildman–Crippen MR) is 68.6 cm³/mol. The Morgan fingerprint density at radius 1 is 1.28 bits per heavy atom. The van der Waals surface area contributed by atoms with Crippen LogP contribution in [0.1, 0.15) is 10.5 Å². The van der Waals surface area contributed by atoms with E-state index in [4.69, 9.17) is 23.2 Å². The third-order valence-electron chi connectivity index (χ3n) is 2.16. The zero-order chi connectivity index (χ0) is 13.1. The largest absolute Gasteiger partial charge is 0.317 e. The van der Waals surface area contributed by atoms with Crippen LogP contribution in [0.5, 0.6) is 0 Å². The van der Waals surface area contributed by atoms with Crippen LogP contribution < -0.4 is 5.32 Å². The average molecular weight is 285 g/mol. The highest BCUT2D eigenvalue weighted by molar-refractivity contribution is 6.34.